The van der Waals surface area contributed by atoms with Crippen molar-refractivity contribution in [1.82, 2.24) is 19.3 Å². The topological polar surface area (TPSA) is 85.8 Å². The molecule has 0 saturated carbocycles. The molecule has 0 radical (unpaired) electrons. The van der Waals surface area contributed by atoms with Crippen molar-refractivity contribution in [2.24, 2.45) is 0 Å². The highest BCUT2D eigenvalue weighted by Gasteiger charge is 2.36. The number of benzene rings is 2. The second kappa shape index (κ2) is 7.06. The average Bonchev–Trinajstić information content (AvgIpc) is 3.35. The van der Waals surface area contributed by atoms with Crippen LogP contribution in [0.2, 0.25) is 0 Å². The lowest BCUT2D eigenvalue weighted by atomic mass is 10.0. The van der Waals surface area contributed by atoms with Gasteiger partial charge >= 0.3 is 6.18 Å². The monoisotopic (exact) mass is 459 g/mol. The molecule has 5 rings (SSSR count). The summed E-state index contributed by atoms with van der Waals surface area (Å²) in [6, 6.07) is 4.93. The van der Waals surface area contributed by atoms with Gasteiger partial charge in [-0.25, -0.2) is 14.4 Å². The van der Waals surface area contributed by atoms with Crippen LogP contribution >= 0.6 is 0 Å². The van der Waals surface area contributed by atoms with Crippen LogP contribution in [0.5, 0.6) is 5.75 Å². The second-order valence-corrected chi connectivity index (χ2v) is 7.86. The Morgan fingerprint density at radius 2 is 2.03 bits per heavy atom. The standard InChI is InChI=1S/C22H17F4N5O2/c1-10-19-20(27)29-15-7-14(23)13(6-16(15)31(19)9-28-10)21(32)30(2)17-8-33-18-5-11(22(24,25)26)3-4-12(17)18/h3-7,9,17H,8H2,1-2H3,(H2,27,29). The molecule has 0 fully saturated rings. The fourth-order valence-electron chi connectivity index (χ4n) is 4.13. The van der Waals surface area contributed by atoms with Crippen molar-refractivity contribution in [3.05, 3.63) is 64.9 Å². The third-order valence-corrected chi connectivity index (χ3v) is 5.87. The molecule has 1 amide bonds. The Balaban J connectivity index is 1.54. The summed E-state index contributed by atoms with van der Waals surface area (Å²) in [5.74, 6) is -1.22. The molecule has 11 heteroatoms. The number of fused-ring (bicyclic) bond motifs is 4. The van der Waals surface area contributed by atoms with Crippen LogP contribution in [0.3, 0.4) is 0 Å². The molecule has 0 bridgehead atoms. The number of imidazole rings is 1. The Morgan fingerprint density at radius 1 is 1.27 bits per heavy atom. The van der Waals surface area contributed by atoms with E-state index in [-0.39, 0.29) is 29.3 Å². The van der Waals surface area contributed by atoms with Gasteiger partial charge in [-0.15, -0.1) is 0 Å². The van der Waals surface area contributed by atoms with E-state index in [9.17, 15) is 22.4 Å². The van der Waals surface area contributed by atoms with Gasteiger partial charge in [-0.05, 0) is 25.1 Å². The van der Waals surface area contributed by atoms with Crippen LogP contribution in [-0.4, -0.2) is 38.8 Å². The molecule has 0 saturated heterocycles. The van der Waals surface area contributed by atoms with E-state index in [0.717, 1.165) is 18.2 Å². The number of hydrogen-bond acceptors (Lipinski definition) is 5. The summed E-state index contributed by atoms with van der Waals surface area (Å²) in [4.78, 5) is 22.9. The summed E-state index contributed by atoms with van der Waals surface area (Å²) in [5.41, 5.74) is 7.21. The Morgan fingerprint density at radius 3 is 2.76 bits per heavy atom. The lowest BCUT2D eigenvalue weighted by molar-refractivity contribution is -0.137. The van der Waals surface area contributed by atoms with Crippen molar-refractivity contribution in [1.29, 1.82) is 0 Å². The summed E-state index contributed by atoms with van der Waals surface area (Å²) >= 11 is 0. The van der Waals surface area contributed by atoms with Crippen LogP contribution in [0.15, 0.2) is 36.7 Å². The highest BCUT2D eigenvalue weighted by atomic mass is 19.4. The quantitative estimate of drug-likeness (QED) is 0.456. The molecule has 1 aliphatic heterocycles. The molecule has 1 atom stereocenters. The van der Waals surface area contributed by atoms with Gasteiger partial charge in [0, 0.05) is 18.7 Å². The molecular formula is C22H17F4N5O2. The predicted molar refractivity (Wildman–Crippen MR) is 111 cm³/mol. The number of nitrogen functional groups attached to an aromatic ring is 1. The molecule has 2 N–H and O–H groups in total. The Kier molecular flexibility index (Phi) is 4.49. The zero-order valence-electron chi connectivity index (χ0n) is 17.4. The van der Waals surface area contributed by atoms with Crippen molar-refractivity contribution in [2.75, 3.05) is 19.4 Å². The van der Waals surface area contributed by atoms with E-state index < -0.39 is 29.5 Å². The predicted octanol–water partition coefficient (Wildman–Crippen LogP) is 4.14. The Labute approximate surface area is 184 Å². The normalized spacial score (nSPS) is 15.6. The van der Waals surface area contributed by atoms with E-state index in [1.807, 2.05) is 0 Å². The molecule has 7 nitrogen and oxygen atoms in total. The van der Waals surface area contributed by atoms with E-state index in [4.69, 9.17) is 10.5 Å². The van der Waals surface area contributed by atoms with Crippen LogP contribution in [0, 0.1) is 12.7 Å². The number of anilines is 1. The maximum Gasteiger partial charge on any atom is 0.416 e. The summed E-state index contributed by atoms with van der Waals surface area (Å²) in [6.07, 6.45) is -3.00. The smallest absolute Gasteiger partial charge is 0.416 e. The fourth-order valence-corrected chi connectivity index (χ4v) is 4.13. The highest BCUT2D eigenvalue weighted by molar-refractivity contribution is 5.98. The van der Waals surface area contributed by atoms with Crippen molar-refractivity contribution in [2.45, 2.75) is 19.1 Å². The number of alkyl halides is 3. The maximum absolute atomic E-state index is 14.9. The van der Waals surface area contributed by atoms with Crippen molar-refractivity contribution < 1.29 is 27.1 Å². The summed E-state index contributed by atoms with van der Waals surface area (Å²) in [5, 5.41) is 0. The van der Waals surface area contributed by atoms with Crippen molar-refractivity contribution >= 4 is 28.3 Å². The SMILES string of the molecule is Cc1ncn2c1c(N)nc1cc(F)c(C(=O)N(C)C3COc4cc(C(F)(F)F)ccc43)cc12. The third kappa shape index (κ3) is 3.22. The van der Waals surface area contributed by atoms with Gasteiger partial charge in [-0.3, -0.25) is 9.20 Å². The molecule has 2 aromatic carbocycles. The Hall–Kier alpha value is -3.89. The number of aromatic nitrogens is 3. The second-order valence-electron chi connectivity index (χ2n) is 7.86. The van der Waals surface area contributed by atoms with Gasteiger partial charge in [0.25, 0.3) is 5.91 Å². The molecule has 3 heterocycles. The average molecular weight is 459 g/mol. The van der Waals surface area contributed by atoms with Crippen molar-refractivity contribution in [3.63, 3.8) is 0 Å². The van der Waals surface area contributed by atoms with E-state index >= 15 is 0 Å². The summed E-state index contributed by atoms with van der Waals surface area (Å²) < 4.78 is 60.9. The zero-order valence-corrected chi connectivity index (χ0v) is 17.4. The van der Waals surface area contributed by atoms with Crippen LogP contribution in [0.1, 0.15) is 33.2 Å². The number of nitrogens with two attached hydrogens (primary N) is 1. The zero-order chi connectivity index (χ0) is 23.7. The molecule has 1 aliphatic rings. The van der Waals surface area contributed by atoms with Gasteiger partial charge < -0.3 is 15.4 Å². The number of ether oxygens (including phenoxy) is 1. The number of nitrogens with zero attached hydrogens (tertiary/aromatic N) is 4. The van der Waals surface area contributed by atoms with Gasteiger partial charge in [0.15, 0.2) is 0 Å². The molecule has 2 aromatic heterocycles. The van der Waals surface area contributed by atoms with Gasteiger partial charge in [-0.2, -0.15) is 13.2 Å². The first kappa shape index (κ1) is 21.0. The first-order valence-electron chi connectivity index (χ1n) is 9.89. The van der Waals surface area contributed by atoms with Crippen LogP contribution < -0.4 is 10.5 Å². The number of carbonyl (C=O) groups is 1. The molecule has 1 unspecified atom stereocenters. The summed E-state index contributed by atoms with van der Waals surface area (Å²) in [7, 11) is 1.45. The van der Waals surface area contributed by atoms with Gasteiger partial charge in [0.05, 0.1) is 33.9 Å². The van der Waals surface area contributed by atoms with Gasteiger partial charge in [0.2, 0.25) is 0 Å². The molecule has 0 spiro atoms. The lowest BCUT2D eigenvalue weighted by Gasteiger charge is -2.24. The van der Waals surface area contributed by atoms with E-state index in [0.29, 0.717) is 22.3 Å². The van der Waals surface area contributed by atoms with E-state index in [1.165, 1.54) is 30.4 Å². The number of carbonyl (C=O) groups excluding carboxylic acids is 1. The number of aryl methyl sites for hydroxylation is 1. The minimum atomic E-state index is -4.51. The van der Waals surface area contributed by atoms with Gasteiger partial charge in [0.1, 0.15) is 35.8 Å². The van der Waals surface area contributed by atoms with Crippen LogP contribution in [0.25, 0.3) is 16.6 Å². The van der Waals surface area contributed by atoms with Crippen molar-refractivity contribution in [3.8, 4) is 5.75 Å². The molecular weight excluding hydrogens is 442 g/mol. The van der Waals surface area contributed by atoms with Crippen LogP contribution in [-0.2, 0) is 6.18 Å². The third-order valence-electron chi connectivity index (χ3n) is 5.87. The number of rotatable bonds is 2. The Bertz CT molecular complexity index is 1450. The molecule has 0 aliphatic carbocycles. The number of amides is 1. The molecule has 33 heavy (non-hydrogen) atoms. The van der Waals surface area contributed by atoms with Gasteiger partial charge in [-0.1, -0.05) is 6.07 Å². The molecule has 4 aromatic rings. The first-order valence-corrected chi connectivity index (χ1v) is 9.89. The number of halogens is 4. The largest absolute Gasteiger partial charge is 0.491 e. The summed E-state index contributed by atoms with van der Waals surface area (Å²) in [6.45, 7) is 1.71. The highest BCUT2D eigenvalue weighted by Crippen LogP contribution is 2.40. The number of hydrogen-bond donors (Lipinski definition) is 1. The maximum atomic E-state index is 14.9. The lowest BCUT2D eigenvalue weighted by Crippen LogP contribution is -2.32. The van der Waals surface area contributed by atoms with E-state index in [2.05, 4.69) is 9.97 Å². The minimum absolute atomic E-state index is 0.0445. The molecule has 170 valence electrons. The minimum Gasteiger partial charge on any atom is -0.491 e. The van der Waals surface area contributed by atoms with Crippen LogP contribution in [0.4, 0.5) is 23.4 Å². The first-order chi connectivity index (χ1) is 15.6. The van der Waals surface area contributed by atoms with E-state index in [1.54, 1.807) is 11.3 Å². The fraction of sp³-hybridized carbons (Fsp3) is 0.227. The number of likely N-dealkylation sites (N-methyl/N-ethyl adjacent to an activating group) is 1.